The summed E-state index contributed by atoms with van der Waals surface area (Å²) in [5.41, 5.74) is 2.45. The van der Waals surface area contributed by atoms with Gasteiger partial charge in [0.25, 0.3) is 5.91 Å². The van der Waals surface area contributed by atoms with E-state index in [4.69, 9.17) is 9.47 Å². The number of para-hydroxylation sites is 1. The molecule has 1 amide bonds. The molecule has 3 aromatic rings. The summed E-state index contributed by atoms with van der Waals surface area (Å²) in [7, 11) is 1.66. The van der Waals surface area contributed by atoms with Crippen molar-refractivity contribution in [1.82, 2.24) is 20.0 Å². The van der Waals surface area contributed by atoms with E-state index in [0.29, 0.717) is 25.5 Å². The Balaban J connectivity index is 1.46. The molecule has 0 bridgehead atoms. The molecule has 1 atom stereocenters. The highest BCUT2D eigenvalue weighted by Crippen LogP contribution is 2.23. The van der Waals surface area contributed by atoms with Crippen molar-refractivity contribution in [3.63, 3.8) is 0 Å². The number of nitrogens with one attached hydrogen (secondary N) is 1. The van der Waals surface area contributed by atoms with Crippen LogP contribution in [0.5, 0.6) is 5.75 Å². The zero-order valence-electron chi connectivity index (χ0n) is 17.0. The Kier molecular flexibility index (Phi) is 6.41. The number of benzene rings is 2. The summed E-state index contributed by atoms with van der Waals surface area (Å²) in [4.78, 5) is 15.1. The Morgan fingerprint density at radius 3 is 2.53 bits per heavy atom. The van der Waals surface area contributed by atoms with Gasteiger partial charge in [0, 0.05) is 25.8 Å². The van der Waals surface area contributed by atoms with Crippen LogP contribution in [0.25, 0.3) is 5.69 Å². The van der Waals surface area contributed by atoms with Crippen LogP contribution in [0.3, 0.4) is 0 Å². The fourth-order valence-corrected chi connectivity index (χ4v) is 3.62. The summed E-state index contributed by atoms with van der Waals surface area (Å²) in [6.45, 7) is 3.54. The molecule has 0 spiro atoms. The van der Waals surface area contributed by atoms with Gasteiger partial charge in [0.1, 0.15) is 5.75 Å². The van der Waals surface area contributed by atoms with Crippen LogP contribution in [0.15, 0.2) is 66.9 Å². The molecule has 7 heteroatoms. The number of ether oxygens (including phenoxy) is 2. The van der Waals surface area contributed by atoms with Crippen LogP contribution in [-0.2, 0) is 4.74 Å². The molecule has 4 rings (SSSR count). The van der Waals surface area contributed by atoms with E-state index in [2.05, 4.69) is 27.4 Å². The van der Waals surface area contributed by atoms with Gasteiger partial charge in [0.2, 0.25) is 0 Å². The number of hydrogen-bond acceptors (Lipinski definition) is 5. The molecule has 1 aromatic heterocycles. The van der Waals surface area contributed by atoms with Crippen LogP contribution in [-0.4, -0.2) is 60.5 Å². The predicted molar refractivity (Wildman–Crippen MR) is 114 cm³/mol. The number of aromatic nitrogens is 2. The topological polar surface area (TPSA) is 68.6 Å². The third-order valence-corrected chi connectivity index (χ3v) is 5.29. The van der Waals surface area contributed by atoms with Gasteiger partial charge in [0.15, 0.2) is 5.69 Å². The Labute approximate surface area is 176 Å². The highest BCUT2D eigenvalue weighted by Gasteiger charge is 2.24. The van der Waals surface area contributed by atoms with Gasteiger partial charge in [-0.3, -0.25) is 9.69 Å². The molecule has 2 aromatic carbocycles. The minimum Gasteiger partial charge on any atom is -0.497 e. The molecule has 1 aliphatic rings. The molecule has 1 saturated heterocycles. The lowest BCUT2D eigenvalue weighted by Gasteiger charge is -2.35. The Bertz CT molecular complexity index is 950. The molecule has 0 aliphatic carbocycles. The Hall–Kier alpha value is -3.16. The van der Waals surface area contributed by atoms with Gasteiger partial charge in [-0.25, -0.2) is 4.68 Å². The molecule has 156 valence electrons. The number of carbonyl (C=O) groups excluding carboxylic acids is 1. The summed E-state index contributed by atoms with van der Waals surface area (Å²) < 4.78 is 12.5. The second kappa shape index (κ2) is 9.56. The highest BCUT2D eigenvalue weighted by atomic mass is 16.5. The van der Waals surface area contributed by atoms with Crippen molar-refractivity contribution in [2.45, 2.75) is 6.04 Å². The standard InChI is InChI=1S/C23H26N4O3/c1-29-20-9-7-18(8-10-20)22(26-13-15-30-16-14-26)17-24-23(28)21-11-12-27(25-21)19-5-3-2-4-6-19/h2-12,22H,13-17H2,1H3,(H,24,28). The van der Waals surface area contributed by atoms with Crippen LogP contribution < -0.4 is 10.1 Å². The number of amides is 1. The van der Waals surface area contributed by atoms with Gasteiger partial charge in [-0.2, -0.15) is 5.10 Å². The van der Waals surface area contributed by atoms with E-state index in [1.54, 1.807) is 24.1 Å². The van der Waals surface area contributed by atoms with E-state index in [1.165, 1.54) is 0 Å². The molecular formula is C23H26N4O3. The maximum absolute atomic E-state index is 12.8. The molecule has 1 unspecified atom stereocenters. The smallest absolute Gasteiger partial charge is 0.271 e. The molecule has 30 heavy (non-hydrogen) atoms. The largest absolute Gasteiger partial charge is 0.497 e. The van der Waals surface area contributed by atoms with Crippen LogP contribution in [0.4, 0.5) is 0 Å². The Morgan fingerprint density at radius 1 is 1.10 bits per heavy atom. The number of carbonyl (C=O) groups is 1. The van der Waals surface area contributed by atoms with Crippen molar-refractivity contribution in [3.05, 3.63) is 78.1 Å². The monoisotopic (exact) mass is 406 g/mol. The molecular weight excluding hydrogens is 380 g/mol. The summed E-state index contributed by atoms with van der Waals surface area (Å²) in [5.74, 6) is 0.631. The first kappa shape index (κ1) is 20.1. The number of morpholine rings is 1. The maximum Gasteiger partial charge on any atom is 0.271 e. The summed E-state index contributed by atoms with van der Waals surface area (Å²) in [5, 5.41) is 7.48. The van der Waals surface area contributed by atoms with Crippen molar-refractivity contribution >= 4 is 5.91 Å². The highest BCUT2D eigenvalue weighted by molar-refractivity contribution is 5.92. The quantitative estimate of drug-likeness (QED) is 0.653. The van der Waals surface area contributed by atoms with E-state index in [0.717, 1.165) is 30.1 Å². The normalized spacial score (nSPS) is 15.5. The number of nitrogens with zero attached hydrogens (tertiary/aromatic N) is 3. The van der Waals surface area contributed by atoms with Gasteiger partial charge < -0.3 is 14.8 Å². The minimum absolute atomic E-state index is 0.0555. The number of hydrogen-bond donors (Lipinski definition) is 1. The van der Waals surface area contributed by atoms with Gasteiger partial charge >= 0.3 is 0 Å². The average molecular weight is 406 g/mol. The van der Waals surface area contributed by atoms with E-state index >= 15 is 0 Å². The maximum atomic E-state index is 12.8. The SMILES string of the molecule is COc1ccc(C(CNC(=O)c2ccn(-c3ccccc3)n2)N2CCOCC2)cc1. The molecule has 7 nitrogen and oxygen atoms in total. The molecule has 0 radical (unpaired) electrons. The van der Waals surface area contributed by atoms with Crippen molar-refractivity contribution in [2.75, 3.05) is 40.0 Å². The minimum atomic E-state index is -0.184. The van der Waals surface area contributed by atoms with Crippen molar-refractivity contribution in [3.8, 4) is 11.4 Å². The number of rotatable bonds is 7. The van der Waals surface area contributed by atoms with Crippen molar-refractivity contribution < 1.29 is 14.3 Å². The fourth-order valence-electron chi connectivity index (χ4n) is 3.62. The molecule has 0 saturated carbocycles. The van der Waals surface area contributed by atoms with E-state index < -0.39 is 0 Å². The lowest BCUT2D eigenvalue weighted by Crippen LogP contribution is -2.43. The second-order valence-electron chi connectivity index (χ2n) is 7.13. The van der Waals surface area contributed by atoms with E-state index in [-0.39, 0.29) is 11.9 Å². The third kappa shape index (κ3) is 4.69. The molecule has 1 aliphatic heterocycles. The fraction of sp³-hybridized carbons (Fsp3) is 0.304. The molecule has 2 heterocycles. The van der Waals surface area contributed by atoms with E-state index in [9.17, 15) is 4.79 Å². The Morgan fingerprint density at radius 2 is 1.83 bits per heavy atom. The predicted octanol–water partition coefficient (Wildman–Crippen LogP) is 2.68. The summed E-state index contributed by atoms with van der Waals surface area (Å²) in [6.07, 6.45) is 1.80. The van der Waals surface area contributed by atoms with Gasteiger partial charge in [-0.15, -0.1) is 0 Å². The zero-order valence-corrected chi connectivity index (χ0v) is 17.0. The lowest BCUT2D eigenvalue weighted by atomic mass is 10.0. The molecule has 1 fully saturated rings. The van der Waals surface area contributed by atoms with Gasteiger partial charge in [-0.1, -0.05) is 30.3 Å². The number of methoxy groups -OCH3 is 1. The molecule has 1 N–H and O–H groups in total. The first-order chi connectivity index (χ1) is 14.7. The van der Waals surface area contributed by atoms with E-state index in [1.807, 2.05) is 42.5 Å². The lowest BCUT2D eigenvalue weighted by molar-refractivity contribution is 0.0162. The van der Waals surface area contributed by atoms with Crippen LogP contribution >= 0.6 is 0 Å². The third-order valence-electron chi connectivity index (χ3n) is 5.29. The van der Waals surface area contributed by atoms with Crippen LogP contribution in [0, 0.1) is 0 Å². The van der Waals surface area contributed by atoms with Crippen molar-refractivity contribution in [1.29, 1.82) is 0 Å². The van der Waals surface area contributed by atoms with Crippen LogP contribution in [0.1, 0.15) is 22.1 Å². The summed E-state index contributed by atoms with van der Waals surface area (Å²) >= 11 is 0. The van der Waals surface area contributed by atoms with Gasteiger partial charge in [-0.05, 0) is 35.9 Å². The first-order valence-corrected chi connectivity index (χ1v) is 10.1. The first-order valence-electron chi connectivity index (χ1n) is 10.1. The van der Waals surface area contributed by atoms with Crippen molar-refractivity contribution in [2.24, 2.45) is 0 Å². The zero-order chi connectivity index (χ0) is 20.8. The summed E-state index contributed by atoms with van der Waals surface area (Å²) in [6, 6.07) is 19.5. The average Bonchev–Trinajstić information content (AvgIpc) is 3.31. The van der Waals surface area contributed by atoms with Gasteiger partial charge in [0.05, 0.1) is 32.1 Å². The van der Waals surface area contributed by atoms with Crippen LogP contribution in [0.2, 0.25) is 0 Å². The second-order valence-corrected chi connectivity index (χ2v) is 7.13.